The maximum absolute atomic E-state index is 13.0. The molecule has 2 heterocycles. The summed E-state index contributed by atoms with van der Waals surface area (Å²) in [6, 6.07) is 14.0. The van der Waals surface area contributed by atoms with E-state index in [1.54, 1.807) is 55.1 Å². The third-order valence-electron chi connectivity index (χ3n) is 6.02. The third-order valence-corrected chi connectivity index (χ3v) is 6.02. The molecule has 10 nitrogen and oxygen atoms in total. The molecule has 4 rings (SSSR count). The molecule has 0 unspecified atom stereocenters. The number of rotatable bonds is 6. The minimum absolute atomic E-state index is 0.0534. The first-order valence-electron chi connectivity index (χ1n) is 11.0. The van der Waals surface area contributed by atoms with Crippen LogP contribution in [0.5, 0.6) is 0 Å². The van der Waals surface area contributed by atoms with Crippen LogP contribution in [-0.2, 0) is 21.4 Å². The predicted octanol–water partition coefficient (Wildman–Crippen LogP) is 2.04. The zero-order valence-electron chi connectivity index (χ0n) is 19.6. The first-order valence-corrected chi connectivity index (χ1v) is 11.0. The molecule has 0 bridgehead atoms. The van der Waals surface area contributed by atoms with Crippen molar-refractivity contribution in [3.63, 3.8) is 0 Å². The van der Waals surface area contributed by atoms with Crippen molar-refractivity contribution < 1.29 is 23.9 Å². The number of ether oxygens (including phenoxy) is 1. The molecule has 1 N–H and O–H groups in total. The number of fused-ring (bicyclic) bond motifs is 1. The molecule has 2 aromatic carbocycles. The molecule has 0 spiro atoms. The lowest BCUT2D eigenvalue weighted by Gasteiger charge is -2.22. The van der Waals surface area contributed by atoms with Crippen molar-refractivity contribution in [3.05, 3.63) is 81.8 Å². The van der Waals surface area contributed by atoms with Crippen molar-refractivity contribution in [3.8, 4) is 5.69 Å². The third kappa shape index (κ3) is 4.03. The molecule has 10 heteroatoms. The van der Waals surface area contributed by atoms with E-state index in [4.69, 9.17) is 4.74 Å². The number of nitrogens with one attached hydrogen (secondary N) is 1. The number of amides is 3. The SMILES string of the molecule is Cc1c(NC(=O)[C@H](C)OC(=O)[C@H](C)N2C(=O)c3ccccc3C2=O)c(=O)n(-c2ccccc2)n1C. The largest absolute Gasteiger partial charge is 0.451 e. The maximum Gasteiger partial charge on any atom is 0.329 e. The minimum Gasteiger partial charge on any atom is -0.451 e. The topological polar surface area (TPSA) is 120 Å². The summed E-state index contributed by atoms with van der Waals surface area (Å²) in [7, 11) is 1.69. The van der Waals surface area contributed by atoms with E-state index in [1.165, 1.54) is 30.7 Å². The molecular formula is C25H24N4O6. The van der Waals surface area contributed by atoms with Crippen LogP contribution in [0.2, 0.25) is 0 Å². The van der Waals surface area contributed by atoms with E-state index in [1.807, 2.05) is 6.07 Å². The molecule has 0 saturated heterocycles. The van der Waals surface area contributed by atoms with Crippen LogP contribution in [-0.4, -0.2) is 50.1 Å². The second-order valence-electron chi connectivity index (χ2n) is 8.21. The molecule has 0 saturated carbocycles. The Kier molecular flexibility index (Phi) is 6.12. The Morgan fingerprint density at radius 1 is 0.886 bits per heavy atom. The quantitative estimate of drug-likeness (QED) is 0.430. The van der Waals surface area contributed by atoms with Crippen molar-refractivity contribution in [2.45, 2.75) is 32.9 Å². The van der Waals surface area contributed by atoms with Crippen molar-refractivity contribution in [1.82, 2.24) is 14.3 Å². The van der Waals surface area contributed by atoms with E-state index in [-0.39, 0.29) is 16.8 Å². The first kappa shape index (κ1) is 23.7. The van der Waals surface area contributed by atoms with E-state index in [0.717, 1.165) is 4.90 Å². The van der Waals surface area contributed by atoms with Crippen LogP contribution in [0.1, 0.15) is 40.3 Å². The molecule has 1 aliphatic rings. The fourth-order valence-corrected chi connectivity index (χ4v) is 3.93. The van der Waals surface area contributed by atoms with Gasteiger partial charge in [-0.15, -0.1) is 0 Å². The van der Waals surface area contributed by atoms with Crippen molar-refractivity contribution in [1.29, 1.82) is 0 Å². The number of carbonyl (C=O) groups excluding carboxylic acids is 4. The Bertz CT molecular complexity index is 1370. The second-order valence-corrected chi connectivity index (χ2v) is 8.21. The fourth-order valence-electron chi connectivity index (χ4n) is 3.93. The number of carbonyl (C=O) groups is 4. The Morgan fingerprint density at radius 2 is 1.43 bits per heavy atom. The number of hydrogen-bond donors (Lipinski definition) is 1. The fraction of sp³-hybridized carbons (Fsp3) is 0.240. The Labute approximate surface area is 200 Å². The van der Waals surface area contributed by atoms with E-state index >= 15 is 0 Å². The van der Waals surface area contributed by atoms with Gasteiger partial charge in [-0.05, 0) is 45.0 Å². The first-order chi connectivity index (χ1) is 16.6. The molecule has 0 radical (unpaired) electrons. The van der Waals surface area contributed by atoms with Gasteiger partial charge in [0.05, 0.1) is 22.5 Å². The lowest BCUT2D eigenvalue weighted by molar-refractivity contribution is -0.156. The monoisotopic (exact) mass is 476 g/mol. The number of nitrogens with zero attached hydrogens (tertiary/aromatic N) is 3. The molecule has 3 aromatic rings. The van der Waals surface area contributed by atoms with E-state index < -0.39 is 41.4 Å². The lowest BCUT2D eigenvalue weighted by Crippen LogP contribution is -2.45. The van der Waals surface area contributed by atoms with Gasteiger partial charge in [0.15, 0.2) is 6.10 Å². The van der Waals surface area contributed by atoms with E-state index in [2.05, 4.69) is 5.32 Å². The van der Waals surface area contributed by atoms with Crippen molar-refractivity contribution in [2.24, 2.45) is 7.05 Å². The predicted molar refractivity (Wildman–Crippen MR) is 126 cm³/mol. The number of esters is 1. The van der Waals surface area contributed by atoms with Crippen molar-refractivity contribution >= 4 is 29.4 Å². The average Bonchev–Trinajstić information content (AvgIpc) is 3.23. The van der Waals surface area contributed by atoms with E-state index in [0.29, 0.717) is 11.4 Å². The number of benzene rings is 2. The van der Waals surface area contributed by atoms with E-state index in [9.17, 15) is 24.0 Å². The number of imide groups is 1. The van der Waals surface area contributed by atoms with Gasteiger partial charge in [-0.1, -0.05) is 30.3 Å². The molecule has 3 amide bonds. The van der Waals surface area contributed by atoms with Crippen LogP contribution in [0.15, 0.2) is 59.4 Å². The Morgan fingerprint density at radius 3 is 2.00 bits per heavy atom. The summed E-state index contributed by atoms with van der Waals surface area (Å²) in [5.74, 6) is -2.85. The van der Waals surface area contributed by atoms with Gasteiger partial charge in [0.1, 0.15) is 11.7 Å². The minimum atomic E-state index is -1.29. The summed E-state index contributed by atoms with van der Waals surface area (Å²) in [4.78, 5) is 64.5. The smallest absolute Gasteiger partial charge is 0.329 e. The van der Waals surface area contributed by atoms with Gasteiger partial charge in [0.25, 0.3) is 23.3 Å². The summed E-state index contributed by atoms with van der Waals surface area (Å²) >= 11 is 0. The zero-order chi connectivity index (χ0) is 25.4. The van der Waals surface area contributed by atoms with Crippen molar-refractivity contribution in [2.75, 3.05) is 5.32 Å². The van der Waals surface area contributed by atoms with Crippen LogP contribution in [0, 0.1) is 6.92 Å². The lowest BCUT2D eigenvalue weighted by atomic mass is 10.1. The molecular weight excluding hydrogens is 452 g/mol. The standard InChI is InChI=1S/C25H24N4O6/c1-14-20(24(33)29(27(14)4)17-10-6-5-7-11-17)26-21(30)16(3)35-25(34)15(2)28-22(31)18-12-8-9-13-19(18)23(28)32/h5-13,15-16H,1-4H3,(H,26,30)/t15-,16-/m0/s1. The Balaban J connectivity index is 1.47. The van der Waals surface area contributed by atoms with Gasteiger partial charge in [-0.25, -0.2) is 9.48 Å². The Hall–Kier alpha value is -4.47. The molecule has 2 atom stereocenters. The maximum atomic E-state index is 13.0. The average molecular weight is 476 g/mol. The highest BCUT2D eigenvalue weighted by atomic mass is 16.5. The summed E-state index contributed by atoms with van der Waals surface area (Å²) < 4.78 is 8.26. The number of aromatic nitrogens is 2. The van der Waals surface area contributed by atoms with Crippen LogP contribution in [0.3, 0.4) is 0 Å². The second kappa shape index (κ2) is 9.05. The van der Waals surface area contributed by atoms with Crippen LogP contribution < -0.4 is 10.9 Å². The van der Waals surface area contributed by atoms with Gasteiger partial charge < -0.3 is 10.1 Å². The number of para-hydroxylation sites is 1. The van der Waals surface area contributed by atoms with Gasteiger partial charge in [-0.3, -0.25) is 28.8 Å². The van der Waals surface area contributed by atoms with Crippen LogP contribution in [0.4, 0.5) is 5.69 Å². The molecule has 1 aliphatic heterocycles. The highest BCUT2D eigenvalue weighted by Crippen LogP contribution is 2.25. The van der Waals surface area contributed by atoms with Gasteiger partial charge in [0.2, 0.25) is 0 Å². The highest BCUT2D eigenvalue weighted by molar-refractivity contribution is 6.22. The number of anilines is 1. The van der Waals surface area contributed by atoms with Gasteiger partial charge in [0, 0.05) is 7.05 Å². The molecule has 1 aromatic heterocycles. The van der Waals surface area contributed by atoms with Crippen LogP contribution in [0.25, 0.3) is 5.69 Å². The normalized spacial score (nSPS) is 14.5. The summed E-state index contributed by atoms with van der Waals surface area (Å²) in [5, 5.41) is 2.54. The zero-order valence-corrected chi connectivity index (χ0v) is 19.6. The summed E-state index contributed by atoms with van der Waals surface area (Å²) in [6.45, 7) is 4.38. The molecule has 0 fully saturated rings. The summed E-state index contributed by atoms with van der Waals surface area (Å²) in [5.41, 5.74) is 1.15. The van der Waals surface area contributed by atoms with Crippen LogP contribution >= 0.6 is 0 Å². The number of hydrogen-bond acceptors (Lipinski definition) is 6. The van der Waals surface area contributed by atoms with Gasteiger partial charge >= 0.3 is 5.97 Å². The van der Waals surface area contributed by atoms with Gasteiger partial charge in [-0.2, -0.15) is 0 Å². The molecule has 35 heavy (non-hydrogen) atoms. The molecule has 0 aliphatic carbocycles. The highest BCUT2D eigenvalue weighted by Gasteiger charge is 2.41. The summed E-state index contributed by atoms with van der Waals surface area (Å²) in [6.07, 6.45) is -1.29. The molecule has 180 valence electrons.